The maximum absolute atomic E-state index is 12.2. The molecule has 156 valence electrons. The van der Waals surface area contributed by atoms with Crippen molar-refractivity contribution in [2.24, 2.45) is 0 Å². The van der Waals surface area contributed by atoms with Crippen LogP contribution in [0.15, 0.2) is 24.3 Å². The third-order valence-electron chi connectivity index (χ3n) is 4.94. The van der Waals surface area contributed by atoms with E-state index in [-0.39, 0.29) is 18.2 Å². The molecule has 0 radical (unpaired) electrons. The van der Waals surface area contributed by atoms with Crippen molar-refractivity contribution < 1.29 is 27.4 Å². The van der Waals surface area contributed by atoms with Gasteiger partial charge in [-0.3, -0.25) is 14.6 Å². The Kier molecular flexibility index (Phi) is 7.14. The summed E-state index contributed by atoms with van der Waals surface area (Å²) in [6.07, 6.45) is -0.898. The highest BCUT2D eigenvalue weighted by Crippen LogP contribution is 2.24. The Morgan fingerprint density at radius 3 is 2.39 bits per heavy atom. The van der Waals surface area contributed by atoms with Gasteiger partial charge in [0.25, 0.3) is 0 Å². The van der Waals surface area contributed by atoms with Crippen LogP contribution >= 0.6 is 0 Å². The van der Waals surface area contributed by atoms with E-state index >= 15 is 0 Å². The van der Waals surface area contributed by atoms with Crippen molar-refractivity contribution in [1.82, 2.24) is 9.80 Å². The number of alkyl halides is 3. The molecular formula is C19H26F3N3O3. The Bertz CT molecular complexity index is 626. The number of hydrogen-bond acceptors (Lipinski definition) is 5. The number of nitrogens with zero attached hydrogens (tertiary/aromatic N) is 2. The fraction of sp³-hybridized carbons (Fsp3) is 0.632. The molecule has 0 aliphatic carbocycles. The molecule has 0 unspecified atom stereocenters. The Hall–Kier alpha value is -1.84. The van der Waals surface area contributed by atoms with Gasteiger partial charge in [0.15, 0.2) is 0 Å². The zero-order valence-electron chi connectivity index (χ0n) is 15.7. The molecule has 0 saturated carbocycles. The lowest BCUT2D eigenvalue weighted by atomic mass is 10.1. The van der Waals surface area contributed by atoms with Crippen LogP contribution in [0.25, 0.3) is 0 Å². The molecule has 3 rings (SSSR count). The molecule has 1 N–H and O–H groups in total. The van der Waals surface area contributed by atoms with Gasteiger partial charge < -0.3 is 14.8 Å². The summed E-state index contributed by atoms with van der Waals surface area (Å²) in [6.45, 7) is 5.47. The normalized spacial score (nSPS) is 22.0. The Morgan fingerprint density at radius 2 is 1.79 bits per heavy atom. The van der Waals surface area contributed by atoms with Crippen LogP contribution < -0.4 is 10.1 Å². The summed E-state index contributed by atoms with van der Waals surface area (Å²) in [5.41, 5.74) is 0.438. The summed E-state index contributed by atoms with van der Waals surface area (Å²) in [7, 11) is 0. The predicted octanol–water partition coefficient (Wildman–Crippen LogP) is 2.71. The van der Waals surface area contributed by atoms with Crippen LogP contribution in [0.2, 0.25) is 0 Å². The number of halogens is 3. The van der Waals surface area contributed by atoms with Gasteiger partial charge in [-0.25, -0.2) is 0 Å². The lowest BCUT2D eigenvalue weighted by molar-refractivity contribution is -0.274. The molecule has 2 aliphatic heterocycles. The maximum atomic E-state index is 12.2. The van der Waals surface area contributed by atoms with Crippen LogP contribution in [0, 0.1) is 0 Å². The first-order valence-corrected chi connectivity index (χ1v) is 9.59. The molecule has 0 aromatic heterocycles. The summed E-state index contributed by atoms with van der Waals surface area (Å²) in [4.78, 5) is 16.7. The van der Waals surface area contributed by atoms with E-state index in [0.717, 1.165) is 52.2 Å². The lowest BCUT2D eigenvalue weighted by Crippen LogP contribution is -2.50. The lowest BCUT2D eigenvalue weighted by Gasteiger charge is -2.36. The van der Waals surface area contributed by atoms with E-state index in [9.17, 15) is 18.0 Å². The highest BCUT2D eigenvalue weighted by Gasteiger charge is 2.31. The summed E-state index contributed by atoms with van der Waals surface area (Å²) in [5, 5.41) is 2.71. The smallest absolute Gasteiger partial charge is 0.406 e. The van der Waals surface area contributed by atoms with Crippen LogP contribution in [0.5, 0.6) is 5.75 Å². The van der Waals surface area contributed by atoms with Crippen molar-refractivity contribution in [2.75, 3.05) is 51.2 Å². The second-order valence-corrected chi connectivity index (χ2v) is 7.19. The second-order valence-electron chi connectivity index (χ2n) is 7.19. The molecule has 28 heavy (non-hydrogen) atoms. The van der Waals surface area contributed by atoms with Crippen molar-refractivity contribution in [2.45, 2.75) is 31.7 Å². The number of benzene rings is 1. The summed E-state index contributed by atoms with van der Waals surface area (Å²) in [6, 6.07) is 5.13. The van der Waals surface area contributed by atoms with Crippen LogP contribution in [0.4, 0.5) is 18.9 Å². The minimum absolute atomic E-state index is 0.187. The minimum Gasteiger partial charge on any atom is -0.406 e. The topological polar surface area (TPSA) is 54.0 Å². The largest absolute Gasteiger partial charge is 0.573 e. The number of amides is 1. The summed E-state index contributed by atoms with van der Waals surface area (Å²) >= 11 is 0. The molecular weight excluding hydrogens is 375 g/mol. The van der Waals surface area contributed by atoms with E-state index < -0.39 is 6.36 Å². The fourth-order valence-corrected chi connectivity index (χ4v) is 3.51. The van der Waals surface area contributed by atoms with E-state index in [1.165, 1.54) is 30.7 Å². The zero-order chi connectivity index (χ0) is 20.0. The first-order valence-electron chi connectivity index (χ1n) is 9.59. The molecule has 1 amide bonds. The maximum Gasteiger partial charge on any atom is 0.573 e. The molecule has 2 saturated heterocycles. The van der Waals surface area contributed by atoms with Crippen LogP contribution in [-0.2, 0) is 9.53 Å². The van der Waals surface area contributed by atoms with Gasteiger partial charge in [0.1, 0.15) is 5.75 Å². The summed E-state index contributed by atoms with van der Waals surface area (Å²) < 4.78 is 46.1. The van der Waals surface area contributed by atoms with Crippen molar-refractivity contribution >= 4 is 11.6 Å². The molecule has 9 heteroatoms. The van der Waals surface area contributed by atoms with Gasteiger partial charge in [0.05, 0.1) is 12.6 Å². The molecule has 6 nitrogen and oxygen atoms in total. The van der Waals surface area contributed by atoms with Gasteiger partial charge in [0.2, 0.25) is 5.91 Å². The Balaban J connectivity index is 1.37. The fourth-order valence-electron chi connectivity index (χ4n) is 3.51. The van der Waals surface area contributed by atoms with Crippen LogP contribution in [0.1, 0.15) is 19.3 Å². The van der Waals surface area contributed by atoms with Crippen molar-refractivity contribution in [3.05, 3.63) is 24.3 Å². The third-order valence-corrected chi connectivity index (χ3v) is 4.94. The molecule has 1 atom stereocenters. The van der Waals surface area contributed by atoms with Crippen LogP contribution in [-0.4, -0.2) is 74.0 Å². The van der Waals surface area contributed by atoms with Crippen molar-refractivity contribution in [3.8, 4) is 5.75 Å². The number of rotatable bonds is 6. The van der Waals surface area contributed by atoms with E-state index in [0.29, 0.717) is 11.8 Å². The SMILES string of the molecule is O=C(CN1CCN(C[C@H]2CCCCO2)CC1)Nc1ccc(OC(F)(F)F)cc1. The number of carbonyl (C=O) groups is 1. The Morgan fingerprint density at radius 1 is 1.11 bits per heavy atom. The van der Waals surface area contributed by atoms with Crippen molar-refractivity contribution in [1.29, 1.82) is 0 Å². The average molecular weight is 401 g/mol. The number of piperazine rings is 1. The molecule has 1 aromatic rings. The molecule has 0 bridgehead atoms. The van der Waals surface area contributed by atoms with Crippen LogP contribution in [0.3, 0.4) is 0 Å². The summed E-state index contributed by atoms with van der Waals surface area (Å²) in [5.74, 6) is -0.503. The second kappa shape index (κ2) is 9.58. The van der Waals surface area contributed by atoms with Gasteiger partial charge in [-0.15, -0.1) is 13.2 Å². The third kappa shape index (κ3) is 6.96. The number of nitrogens with one attached hydrogen (secondary N) is 1. The molecule has 1 aromatic carbocycles. The molecule has 2 fully saturated rings. The number of hydrogen-bond donors (Lipinski definition) is 1. The van der Waals surface area contributed by atoms with Gasteiger partial charge in [0, 0.05) is 45.0 Å². The number of anilines is 1. The van der Waals surface area contributed by atoms with Gasteiger partial charge in [-0.2, -0.15) is 0 Å². The molecule has 0 spiro atoms. The highest BCUT2D eigenvalue weighted by atomic mass is 19.4. The monoisotopic (exact) mass is 401 g/mol. The van der Waals surface area contributed by atoms with Gasteiger partial charge >= 0.3 is 6.36 Å². The predicted molar refractivity (Wildman–Crippen MR) is 98.2 cm³/mol. The van der Waals surface area contributed by atoms with E-state index in [1.807, 2.05) is 0 Å². The highest BCUT2D eigenvalue weighted by molar-refractivity contribution is 5.92. The van der Waals surface area contributed by atoms with E-state index in [1.54, 1.807) is 0 Å². The minimum atomic E-state index is -4.73. The molecule has 2 aliphatic rings. The van der Waals surface area contributed by atoms with Gasteiger partial charge in [-0.1, -0.05) is 0 Å². The Labute approximate surface area is 162 Å². The van der Waals surface area contributed by atoms with Gasteiger partial charge in [-0.05, 0) is 43.5 Å². The first-order chi connectivity index (χ1) is 13.4. The first kappa shape index (κ1) is 20.9. The number of carbonyl (C=O) groups excluding carboxylic acids is 1. The standard InChI is InChI=1S/C19H26F3N3O3/c20-19(21,22)28-16-6-4-15(5-7-16)23-18(26)14-25-10-8-24(9-11-25)13-17-3-1-2-12-27-17/h4-7,17H,1-3,8-14H2,(H,23,26)/t17-/m1/s1. The number of ether oxygens (including phenoxy) is 2. The molecule has 2 heterocycles. The quantitative estimate of drug-likeness (QED) is 0.795. The van der Waals surface area contributed by atoms with E-state index in [4.69, 9.17) is 4.74 Å². The average Bonchev–Trinajstić information content (AvgIpc) is 2.65. The van der Waals surface area contributed by atoms with E-state index in [2.05, 4.69) is 19.9 Å². The zero-order valence-corrected chi connectivity index (χ0v) is 15.7. The van der Waals surface area contributed by atoms with Crippen molar-refractivity contribution in [3.63, 3.8) is 0 Å².